The molecular weight excluding hydrogens is 250 g/mol. The van der Waals surface area contributed by atoms with Crippen LogP contribution >= 0.6 is 11.6 Å². The summed E-state index contributed by atoms with van der Waals surface area (Å²) in [6.45, 7) is 0. The van der Waals surface area contributed by atoms with Gasteiger partial charge in [-0.3, -0.25) is 0 Å². The van der Waals surface area contributed by atoms with Gasteiger partial charge in [0.2, 0.25) is 0 Å². The van der Waals surface area contributed by atoms with Gasteiger partial charge in [0, 0.05) is 0 Å². The van der Waals surface area contributed by atoms with Crippen molar-refractivity contribution in [2.75, 3.05) is 0 Å². The van der Waals surface area contributed by atoms with Gasteiger partial charge in [0.1, 0.15) is 0 Å². The van der Waals surface area contributed by atoms with E-state index in [0.717, 1.165) is 12.8 Å². The van der Waals surface area contributed by atoms with Crippen LogP contribution in [0.25, 0.3) is 0 Å². The third kappa shape index (κ3) is 2.76. The molecule has 1 aliphatic carbocycles. The van der Waals surface area contributed by atoms with Gasteiger partial charge in [-0.05, 0) is 0 Å². The van der Waals surface area contributed by atoms with Crippen molar-refractivity contribution in [3.8, 4) is 0 Å². The van der Waals surface area contributed by atoms with Crippen LogP contribution in [-0.4, -0.2) is 32.5 Å². The first-order valence-electron chi connectivity index (χ1n) is 4.31. The summed E-state index contributed by atoms with van der Waals surface area (Å²) in [6, 6.07) is 4.50. The Kier molecular flexibility index (Phi) is 5.00. The van der Waals surface area contributed by atoms with E-state index in [1.807, 2.05) is 0 Å². The van der Waals surface area contributed by atoms with Gasteiger partial charge in [-0.2, -0.15) is 0 Å². The molecule has 2 N–H and O–H groups in total. The maximum Gasteiger partial charge on any atom is -0.870 e. The molecule has 0 radical (unpaired) electrons. The number of benzene rings is 1. The molecule has 7 heteroatoms. The molecule has 4 nitrogen and oxygen atoms in total. The maximum atomic E-state index is 11.8. The molecule has 1 aromatic rings. The van der Waals surface area contributed by atoms with Gasteiger partial charge in [0.15, 0.2) is 0 Å². The summed E-state index contributed by atoms with van der Waals surface area (Å²) in [5.41, 5.74) is 0.477. The second-order valence-electron chi connectivity index (χ2n) is 3.43. The largest absolute Gasteiger partial charge is 0.870 e. The fourth-order valence-corrected chi connectivity index (χ4v) is 3.52. The monoisotopic (exact) mass is 260 g/mol. The summed E-state index contributed by atoms with van der Waals surface area (Å²) in [4.78, 5) is 0.205. The molecular formula is C9H10BClO4S. The molecule has 0 unspecified atom stereocenters. The van der Waals surface area contributed by atoms with E-state index >= 15 is 0 Å². The van der Waals surface area contributed by atoms with E-state index in [1.54, 1.807) is 6.07 Å². The zero-order valence-corrected chi connectivity index (χ0v) is 9.87. The summed E-state index contributed by atoms with van der Waals surface area (Å²) in [5.74, 6) is 0. The topological polar surface area (TPSA) is 94.1 Å². The Morgan fingerprint density at radius 3 is 2.25 bits per heavy atom. The molecule has 1 saturated carbocycles. The number of rotatable bonds is 2. The Balaban J connectivity index is 0.00000112. The molecule has 0 saturated heterocycles. The number of hydrogen-bond acceptors (Lipinski definition) is 4. The van der Waals surface area contributed by atoms with Crippen LogP contribution in [-0.2, 0) is 9.84 Å². The van der Waals surface area contributed by atoms with Gasteiger partial charge >= 0.3 is 89.4 Å². The van der Waals surface area contributed by atoms with Crippen molar-refractivity contribution >= 4 is 34.7 Å². The van der Waals surface area contributed by atoms with Crippen molar-refractivity contribution < 1.29 is 19.4 Å². The average Bonchev–Trinajstić information content (AvgIpc) is 2.84. The molecule has 0 amide bonds. The van der Waals surface area contributed by atoms with Crippen molar-refractivity contribution in [2.24, 2.45) is 0 Å². The minimum absolute atomic E-state index is 0. The number of hydrogen-bond donors (Lipinski definition) is 0. The van der Waals surface area contributed by atoms with Crippen LogP contribution in [0.3, 0.4) is 0 Å². The average molecular weight is 261 g/mol. The smallest absolute Gasteiger partial charge is 0.870 e. The van der Waals surface area contributed by atoms with Crippen molar-refractivity contribution in [1.82, 2.24) is 0 Å². The fraction of sp³-hybridized carbons (Fsp3) is 0.333. The van der Waals surface area contributed by atoms with Crippen LogP contribution in [0.1, 0.15) is 12.8 Å². The zero-order valence-electron chi connectivity index (χ0n) is 8.30. The first kappa shape index (κ1) is 15.4. The Bertz CT molecular complexity index is 470. The van der Waals surface area contributed by atoms with E-state index in [0.29, 0.717) is 5.46 Å². The second kappa shape index (κ2) is 5.18. The van der Waals surface area contributed by atoms with Crippen LogP contribution < -0.4 is 5.46 Å². The van der Waals surface area contributed by atoms with Gasteiger partial charge in [0.05, 0.1) is 0 Å². The summed E-state index contributed by atoms with van der Waals surface area (Å²) >= 11 is 5.83. The van der Waals surface area contributed by atoms with Crippen LogP contribution in [0.4, 0.5) is 0 Å². The van der Waals surface area contributed by atoms with Gasteiger partial charge < -0.3 is 11.0 Å². The molecule has 86 valence electrons. The molecule has 0 heterocycles. The molecule has 0 atom stereocenters. The molecule has 1 aromatic carbocycles. The zero-order chi connectivity index (χ0) is 10.3. The molecule has 16 heavy (non-hydrogen) atoms. The first-order valence-corrected chi connectivity index (χ1v) is 6.23. The van der Waals surface area contributed by atoms with Gasteiger partial charge in [-0.25, -0.2) is 0 Å². The van der Waals surface area contributed by atoms with Crippen molar-refractivity contribution in [2.45, 2.75) is 23.0 Å². The van der Waals surface area contributed by atoms with Crippen LogP contribution in [0, 0.1) is 0 Å². The minimum atomic E-state index is -3.20. The van der Waals surface area contributed by atoms with E-state index < -0.39 is 9.84 Å². The summed E-state index contributed by atoms with van der Waals surface area (Å²) < 4.78 is 23.6. The van der Waals surface area contributed by atoms with Crippen LogP contribution in [0.2, 0.25) is 5.02 Å². The third-order valence-corrected chi connectivity index (χ3v) is 4.97. The SMILES string of the molecule is [B+2]c1ccc(S(=O)(=O)C2CC2)c(Cl)c1.[OH-].[OH-]. The predicted octanol–water partition coefficient (Wildman–Crippen LogP) is 0.716. The Morgan fingerprint density at radius 1 is 1.25 bits per heavy atom. The van der Waals surface area contributed by atoms with E-state index in [9.17, 15) is 8.42 Å². The standard InChI is InChI=1S/C9H8BClO2S.2H2O/c10-6-1-4-9(8(11)5-6)14(12,13)7-2-3-7;;/h1,4-5,7H,2-3H2;2*1H2/q+2;;/p-2. The molecule has 0 bridgehead atoms. The minimum Gasteiger partial charge on any atom is -0.870 e. The number of halogens is 1. The predicted molar refractivity (Wildman–Crippen MR) is 60.9 cm³/mol. The Hall–Kier alpha value is -0.555. The fourth-order valence-electron chi connectivity index (χ4n) is 1.31. The van der Waals surface area contributed by atoms with E-state index in [-0.39, 0.29) is 26.1 Å². The third-order valence-electron chi connectivity index (χ3n) is 2.23. The van der Waals surface area contributed by atoms with E-state index in [1.165, 1.54) is 12.1 Å². The summed E-state index contributed by atoms with van der Waals surface area (Å²) in [5, 5.41) is -0.0134. The van der Waals surface area contributed by atoms with E-state index in [2.05, 4.69) is 0 Å². The maximum absolute atomic E-state index is 11.8. The molecule has 0 aromatic heterocycles. The normalized spacial score (nSPS) is 14.9. The van der Waals surface area contributed by atoms with Crippen LogP contribution in [0.5, 0.6) is 0 Å². The van der Waals surface area contributed by atoms with Crippen molar-refractivity contribution in [3.05, 3.63) is 23.2 Å². The van der Waals surface area contributed by atoms with Gasteiger partial charge in [0.25, 0.3) is 0 Å². The van der Waals surface area contributed by atoms with Gasteiger partial charge in [-0.15, -0.1) is 0 Å². The molecule has 2 rings (SSSR count). The molecule has 1 fully saturated rings. The molecule has 1 aliphatic rings. The van der Waals surface area contributed by atoms with Crippen molar-refractivity contribution in [1.29, 1.82) is 0 Å². The van der Waals surface area contributed by atoms with E-state index in [4.69, 9.17) is 19.4 Å². The summed E-state index contributed by atoms with van der Waals surface area (Å²) in [6.07, 6.45) is 1.48. The van der Waals surface area contributed by atoms with Crippen molar-refractivity contribution in [3.63, 3.8) is 0 Å². The summed E-state index contributed by atoms with van der Waals surface area (Å²) in [7, 11) is 2.28. The molecule has 0 aliphatic heterocycles. The Morgan fingerprint density at radius 2 is 1.81 bits per heavy atom. The molecule has 0 spiro atoms. The van der Waals surface area contributed by atoms with Crippen LogP contribution in [0.15, 0.2) is 23.1 Å². The first-order chi connectivity index (χ1) is 6.51. The Labute approximate surface area is 101 Å². The second-order valence-corrected chi connectivity index (χ2v) is 6.04. The number of sulfone groups is 1. The van der Waals surface area contributed by atoms with Gasteiger partial charge in [-0.1, -0.05) is 0 Å². The quantitative estimate of drug-likeness (QED) is 0.732.